The average molecular weight is 312 g/mol. The first-order chi connectivity index (χ1) is 10.8. The van der Waals surface area contributed by atoms with Crippen molar-refractivity contribution >= 4 is 11.9 Å². The minimum atomic E-state index is 0.117. The van der Waals surface area contributed by atoms with Crippen LogP contribution >= 0.6 is 0 Å². The minimum Gasteiger partial charge on any atom is -0.496 e. The fraction of sp³-hybridized carbons (Fsp3) is 0.571. The standard InChI is InChI=1S/C21H28O2/c1-13(2)16-10-14-6-7-18-17(11-15(14)12-20(16)23-5)19(22)8-9-21(18,3)4/h6-7,10,12-13,17-18H,8-9,11H2,1-5H3/t17-,18+/m1/s1. The van der Waals surface area contributed by atoms with Crippen molar-refractivity contribution in [3.8, 4) is 5.75 Å². The van der Waals surface area contributed by atoms with Crippen LogP contribution in [0, 0.1) is 17.3 Å². The second-order valence-corrected chi connectivity index (χ2v) is 8.10. The average Bonchev–Trinajstić information content (AvgIpc) is 2.70. The first-order valence-corrected chi connectivity index (χ1v) is 8.75. The number of hydrogen-bond acceptors (Lipinski definition) is 2. The summed E-state index contributed by atoms with van der Waals surface area (Å²) in [4.78, 5) is 12.5. The Labute approximate surface area is 139 Å². The van der Waals surface area contributed by atoms with Gasteiger partial charge in [0.15, 0.2) is 0 Å². The molecule has 2 aliphatic rings. The Kier molecular flexibility index (Phi) is 4.12. The van der Waals surface area contributed by atoms with E-state index in [1.807, 2.05) is 0 Å². The number of carbonyl (C=O) groups is 1. The predicted molar refractivity (Wildman–Crippen MR) is 94.8 cm³/mol. The van der Waals surface area contributed by atoms with E-state index >= 15 is 0 Å². The molecule has 1 saturated carbocycles. The van der Waals surface area contributed by atoms with Crippen LogP contribution in [0.4, 0.5) is 0 Å². The summed E-state index contributed by atoms with van der Waals surface area (Å²) in [6.07, 6.45) is 7.09. The van der Waals surface area contributed by atoms with Gasteiger partial charge in [-0.25, -0.2) is 0 Å². The molecule has 2 heteroatoms. The molecule has 23 heavy (non-hydrogen) atoms. The van der Waals surface area contributed by atoms with Crippen molar-refractivity contribution in [1.82, 2.24) is 0 Å². The summed E-state index contributed by atoms with van der Waals surface area (Å²) in [5, 5.41) is 0. The van der Waals surface area contributed by atoms with Crippen molar-refractivity contribution in [3.63, 3.8) is 0 Å². The van der Waals surface area contributed by atoms with Gasteiger partial charge in [-0.2, -0.15) is 0 Å². The van der Waals surface area contributed by atoms with E-state index in [-0.39, 0.29) is 11.3 Å². The third-order valence-corrected chi connectivity index (χ3v) is 5.80. The summed E-state index contributed by atoms with van der Waals surface area (Å²) < 4.78 is 5.61. The van der Waals surface area contributed by atoms with E-state index in [0.717, 1.165) is 25.0 Å². The molecule has 0 radical (unpaired) electrons. The lowest BCUT2D eigenvalue weighted by Gasteiger charge is -2.41. The highest BCUT2D eigenvalue weighted by Crippen LogP contribution is 2.47. The molecule has 0 saturated heterocycles. The number of methoxy groups -OCH3 is 1. The lowest BCUT2D eigenvalue weighted by atomic mass is 9.62. The molecule has 3 rings (SSSR count). The summed E-state index contributed by atoms with van der Waals surface area (Å²) >= 11 is 0. The van der Waals surface area contributed by atoms with E-state index in [2.05, 4.69) is 52.0 Å². The molecule has 2 nitrogen and oxygen atoms in total. The number of benzene rings is 1. The van der Waals surface area contributed by atoms with Gasteiger partial charge in [0.1, 0.15) is 11.5 Å². The zero-order chi connectivity index (χ0) is 16.8. The van der Waals surface area contributed by atoms with Gasteiger partial charge in [-0.15, -0.1) is 0 Å². The number of carbonyl (C=O) groups excluding carboxylic acids is 1. The van der Waals surface area contributed by atoms with Crippen LogP contribution in [0.1, 0.15) is 63.1 Å². The van der Waals surface area contributed by atoms with Gasteiger partial charge in [-0.05, 0) is 58.9 Å². The molecular formula is C21H28O2. The molecule has 1 aromatic carbocycles. The molecule has 0 bridgehead atoms. The van der Waals surface area contributed by atoms with Crippen LogP contribution in [0.15, 0.2) is 18.2 Å². The maximum absolute atomic E-state index is 12.5. The highest BCUT2D eigenvalue weighted by atomic mass is 16.5. The number of hydrogen-bond donors (Lipinski definition) is 0. The normalized spacial score (nSPS) is 25.7. The van der Waals surface area contributed by atoms with Crippen LogP contribution in [-0.4, -0.2) is 12.9 Å². The predicted octanol–water partition coefficient (Wildman–Crippen LogP) is 5.01. The quantitative estimate of drug-likeness (QED) is 0.767. The summed E-state index contributed by atoms with van der Waals surface area (Å²) in [7, 11) is 1.73. The van der Waals surface area contributed by atoms with Crippen molar-refractivity contribution in [2.24, 2.45) is 17.3 Å². The number of rotatable bonds is 2. The second-order valence-electron chi connectivity index (χ2n) is 8.10. The molecule has 2 aliphatic carbocycles. The Balaban J connectivity index is 2.07. The third kappa shape index (κ3) is 2.84. The van der Waals surface area contributed by atoms with Crippen LogP contribution < -0.4 is 4.74 Å². The van der Waals surface area contributed by atoms with Gasteiger partial charge in [-0.1, -0.05) is 39.8 Å². The molecule has 2 atom stereocenters. The highest BCUT2D eigenvalue weighted by molar-refractivity contribution is 5.84. The van der Waals surface area contributed by atoms with Crippen molar-refractivity contribution < 1.29 is 9.53 Å². The number of allylic oxidation sites excluding steroid dienone is 1. The Morgan fingerprint density at radius 2 is 2.00 bits per heavy atom. The lowest BCUT2D eigenvalue weighted by Crippen LogP contribution is -2.39. The number of ketones is 1. The lowest BCUT2D eigenvalue weighted by molar-refractivity contribution is -0.129. The molecule has 0 spiro atoms. The van der Waals surface area contributed by atoms with E-state index in [9.17, 15) is 4.79 Å². The van der Waals surface area contributed by atoms with Crippen LogP contribution in [-0.2, 0) is 11.2 Å². The Hall–Kier alpha value is -1.57. The fourth-order valence-electron chi connectivity index (χ4n) is 4.24. The third-order valence-electron chi connectivity index (χ3n) is 5.80. The first kappa shape index (κ1) is 16.3. The highest BCUT2D eigenvalue weighted by Gasteiger charge is 2.42. The van der Waals surface area contributed by atoms with Gasteiger partial charge in [0, 0.05) is 12.3 Å². The van der Waals surface area contributed by atoms with Crippen molar-refractivity contribution in [2.75, 3.05) is 7.11 Å². The molecule has 0 N–H and O–H groups in total. The van der Waals surface area contributed by atoms with E-state index < -0.39 is 0 Å². The van der Waals surface area contributed by atoms with Gasteiger partial charge in [-0.3, -0.25) is 4.79 Å². The van der Waals surface area contributed by atoms with Crippen molar-refractivity contribution in [2.45, 2.75) is 52.9 Å². The molecule has 1 fully saturated rings. The van der Waals surface area contributed by atoms with Gasteiger partial charge >= 0.3 is 0 Å². The molecular weight excluding hydrogens is 284 g/mol. The van der Waals surface area contributed by atoms with Gasteiger partial charge < -0.3 is 4.74 Å². The smallest absolute Gasteiger partial charge is 0.136 e. The first-order valence-electron chi connectivity index (χ1n) is 8.75. The van der Waals surface area contributed by atoms with Crippen LogP contribution in [0.3, 0.4) is 0 Å². The Bertz CT molecular complexity index is 652. The van der Waals surface area contributed by atoms with E-state index in [1.165, 1.54) is 16.7 Å². The molecule has 124 valence electrons. The van der Waals surface area contributed by atoms with Crippen molar-refractivity contribution in [1.29, 1.82) is 0 Å². The van der Waals surface area contributed by atoms with Crippen LogP contribution in [0.5, 0.6) is 5.75 Å². The Morgan fingerprint density at radius 3 is 2.65 bits per heavy atom. The van der Waals surface area contributed by atoms with E-state index in [1.54, 1.807) is 7.11 Å². The minimum absolute atomic E-state index is 0.117. The SMILES string of the molecule is COc1cc2c(cc1C(C)C)C=C[C@H]1[C@@H](C2)C(=O)CCC1(C)C. The fourth-order valence-corrected chi connectivity index (χ4v) is 4.24. The largest absolute Gasteiger partial charge is 0.496 e. The maximum atomic E-state index is 12.5. The van der Waals surface area contributed by atoms with E-state index in [4.69, 9.17) is 4.74 Å². The maximum Gasteiger partial charge on any atom is 0.136 e. The molecule has 0 heterocycles. The molecule has 0 aliphatic heterocycles. The zero-order valence-corrected chi connectivity index (χ0v) is 15.0. The monoisotopic (exact) mass is 312 g/mol. The molecule has 0 unspecified atom stereocenters. The summed E-state index contributed by atoms with van der Waals surface area (Å²) in [6.45, 7) is 8.99. The molecule has 1 aromatic rings. The van der Waals surface area contributed by atoms with Crippen molar-refractivity contribution in [3.05, 3.63) is 34.9 Å². The molecule has 0 amide bonds. The summed E-state index contributed by atoms with van der Waals surface area (Å²) in [6, 6.07) is 4.41. The summed E-state index contributed by atoms with van der Waals surface area (Å²) in [5.74, 6) is 2.26. The van der Waals surface area contributed by atoms with Gasteiger partial charge in [0.2, 0.25) is 0 Å². The number of Topliss-reactive ketones (excluding diaryl/α,β-unsaturated/α-hetero) is 1. The van der Waals surface area contributed by atoms with Gasteiger partial charge in [0.25, 0.3) is 0 Å². The Morgan fingerprint density at radius 1 is 1.26 bits per heavy atom. The molecule has 0 aromatic heterocycles. The van der Waals surface area contributed by atoms with E-state index in [0.29, 0.717) is 17.6 Å². The second kappa shape index (κ2) is 5.81. The van der Waals surface area contributed by atoms with Crippen LogP contribution in [0.2, 0.25) is 0 Å². The topological polar surface area (TPSA) is 26.3 Å². The van der Waals surface area contributed by atoms with Crippen LogP contribution in [0.25, 0.3) is 6.08 Å². The summed E-state index contributed by atoms with van der Waals surface area (Å²) in [5.41, 5.74) is 3.95. The number of fused-ring (bicyclic) bond motifs is 2. The zero-order valence-electron chi connectivity index (χ0n) is 15.0. The van der Waals surface area contributed by atoms with Gasteiger partial charge in [0.05, 0.1) is 7.11 Å². The number of ether oxygens (including phenoxy) is 1.